The lowest BCUT2D eigenvalue weighted by Crippen LogP contribution is -2.49. The minimum atomic E-state index is -3.52. The molecular formula is C29H39N5O6S. The molecule has 0 aliphatic carbocycles. The van der Waals surface area contributed by atoms with E-state index in [1.807, 2.05) is 35.2 Å². The van der Waals surface area contributed by atoms with Gasteiger partial charge in [0.15, 0.2) is 11.5 Å². The van der Waals surface area contributed by atoms with Gasteiger partial charge in [0, 0.05) is 62.3 Å². The fourth-order valence-corrected chi connectivity index (χ4v) is 6.75. The fraction of sp³-hybridized carbons (Fsp3) is 0.517. The average Bonchev–Trinajstić information content (AvgIpc) is 3.39. The summed E-state index contributed by atoms with van der Waals surface area (Å²) in [5.41, 5.74) is 2.27. The molecule has 0 atom stereocenters. The summed E-state index contributed by atoms with van der Waals surface area (Å²) < 4.78 is 45.9. The zero-order valence-electron chi connectivity index (χ0n) is 23.8. The van der Waals surface area contributed by atoms with Gasteiger partial charge in [0.1, 0.15) is 11.5 Å². The number of unbranched alkanes of at least 4 members (excludes halogenated alkanes) is 2. The van der Waals surface area contributed by atoms with Crippen LogP contribution >= 0.6 is 0 Å². The van der Waals surface area contributed by atoms with Crippen LogP contribution in [0.25, 0.3) is 11.0 Å². The van der Waals surface area contributed by atoms with E-state index in [1.54, 1.807) is 29.0 Å². The van der Waals surface area contributed by atoms with Crippen molar-refractivity contribution in [1.29, 1.82) is 0 Å². The van der Waals surface area contributed by atoms with E-state index in [0.29, 0.717) is 69.7 Å². The summed E-state index contributed by atoms with van der Waals surface area (Å²) in [6.45, 7) is 5.89. The van der Waals surface area contributed by atoms with E-state index in [0.717, 1.165) is 42.3 Å². The number of aromatic nitrogens is 2. The van der Waals surface area contributed by atoms with Crippen LogP contribution in [0.4, 0.5) is 10.5 Å². The van der Waals surface area contributed by atoms with Gasteiger partial charge in [-0.25, -0.2) is 18.2 Å². The molecule has 0 saturated carbocycles. The van der Waals surface area contributed by atoms with Gasteiger partial charge in [0.25, 0.3) is 0 Å². The SMILES string of the molecule is CCCCCOc1cc(N2CCCN(Cc3ccnc4c3ccn4CS(=O)(=O)N3CCOCC3)C2=O)ccc1OC. The molecule has 0 radical (unpaired) electrons. The summed E-state index contributed by atoms with van der Waals surface area (Å²) in [5.74, 6) is 1.09. The van der Waals surface area contributed by atoms with Crippen LogP contribution in [0.5, 0.6) is 11.5 Å². The first-order chi connectivity index (χ1) is 19.9. The lowest BCUT2D eigenvalue weighted by Gasteiger charge is -2.36. The second-order valence-electron chi connectivity index (χ2n) is 10.3. The number of ether oxygens (including phenoxy) is 3. The number of rotatable bonds is 12. The number of methoxy groups -OCH3 is 1. The molecule has 2 aliphatic heterocycles. The summed E-state index contributed by atoms with van der Waals surface area (Å²) >= 11 is 0. The highest BCUT2D eigenvalue weighted by atomic mass is 32.2. The number of anilines is 1. The summed E-state index contributed by atoms with van der Waals surface area (Å²) in [7, 11) is -1.90. The molecule has 2 fully saturated rings. The molecule has 2 amide bonds. The van der Waals surface area contributed by atoms with Crippen LogP contribution in [0.2, 0.25) is 0 Å². The molecule has 41 heavy (non-hydrogen) atoms. The van der Waals surface area contributed by atoms with Gasteiger partial charge in [-0.15, -0.1) is 0 Å². The predicted octanol–water partition coefficient (Wildman–Crippen LogP) is 4.07. The average molecular weight is 586 g/mol. The highest BCUT2D eigenvalue weighted by molar-refractivity contribution is 7.88. The zero-order valence-corrected chi connectivity index (χ0v) is 24.6. The van der Waals surface area contributed by atoms with Crippen LogP contribution in [-0.2, 0) is 27.2 Å². The van der Waals surface area contributed by atoms with Gasteiger partial charge in [-0.05, 0) is 42.7 Å². The molecule has 0 N–H and O–H groups in total. The van der Waals surface area contributed by atoms with Crippen LogP contribution in [0.1, 0.15) is 38.2 Å². The second kappa shape index (κ2) is 13.1. The van der Waals surface area contributed by atoms with Crippen molar-refractivity contribution < 1.29 is 27.4 Å². The third-order valence-electron chi connectivity index (χ3n) is 7.55. The van der Waals surface area contributed by atoms with Crippen LogP contribution < -0.4 is 14.4 Å². The molecule has 3 aromatic rings. The van der Waals surface area contributed by atoms with Gasteiger partial charge in [-0.1, -0.05) is 19.8 Å². The molecule has 0 spiro atoms. The summed E-state index contributed by atoms with van der Waals surface area (Å²) in [5, 5.41) is 0.835. The third kappa shape index (κ3) is 6.60. The molecule has 222 valence electrons. The summed E-state index contributed by atoms with van der Waals surface area (Å²) in [4.78, 5) is 21.8. The van der Waals surface area contributed by atoms with Crippen molar-refractivity contribution in [3.63, 3.8) is 0 Å². The Morgan fingerprint density at radius 3 is 2.63 bits per heavy atom. The molecule has 2 aromatic heterocycles. The molecule has 11 nitrogen and oxygen atoms in total. The Morgan fingerprint density at radius 2 is 1.85 bits per heavy atom. The number of nitrogens with zero attached hydrogens (tertiary/aromatic N) is 5. The molecular weight excluding hydrogens is 546 g/mol. The lowest BCUT2D eigenvalue weighted by atomic mass is 10.1. The number of carbonyl (C=O) groups excluding carboxylic acids is 1. The maximum Gasteiger partial charge on any atom is 0.324 e. The number of hydrogen-bond donors (Lipinski definition) is 0. The number of carbonyl (C=O) groups is 1. The van der Waals surface area contributed by atoms with Crippen molar-refractivity contribution in [2.45, 2.75) is 45.0 Å². The van der Waals surface area contributed by atoms with Crippen molar-refractivity contribution in [2.75, 3.05) is 58.0 Å². The quantitative estimate of drug-likeness (QED) is 0.295. The van der Waals surface area contributed by atoms with E-state index in [1.165, 1.54) is 4.31 Å². The summed E-state index contributed by atoms with van der Waals surface area (Å²) in [6, 6.07) is 9.30. The number of hydrogen-bond acceptors (Lipinski definition) is 7. The number of morpholine rings is 1. The molecule has 12 heteroatoms. The molecule has 0 unspecified atom stereocenters. The smallest absolute Gasteiger partial charge is 0.324 e. The molecule has 0 bridgehead atoms. The maximum atomic E-state index is 13.7. The number of pyridine rings is 1. The van der Waals surface area contributed by atoms with E-state index in [-0.39, 0.29) is 11.9 Å². The number of benzene rings is 1. The predicted molar refractivity (Wildman–Crippen MR) is 157 cm³/mol. The van der Waals surface area contributed by atoms with Gasteiger partial charge in [-0.2, -0.15) is 4.31 Å². The lowest BCUT2D eigenvalue weighted by molar-refractivity contribution is 0.0727. The molecule has 4 heterocycles. The Balaban J connectivity index is 1.31. The van der Waals surface area contributed by atoms with Gasteiger partial charge in [0.05, 0.1) is 26.9 Å². The second-order valence-corrected chi connectivity index (χ2v) is 12.3. The van der Waals surface area contributed by atoms with E-state index in [4.69, 9.17) is 14.2 Å². The van der Waals surface area contributed by atoms with Gasteiger partial charge >= 0.3 is 6.03 Å². The number of sulfonamides is 1. The topological polar surface area (TPSA) is 106 Å². The van der Waals surface area contributed by atoms with Gasteiger partial charge < -0.3 is 23.7 Å². The highest BCUT2D eigenvalue weighted by Gasteiger charge is 2.29. The van der Waals surface area contributed by atoms with Crippen molar-refractivity contribution >= 4 is 32.8 Å². The Labute approximate surface area is 241 Å². The van der Waals surface area contributed by atoms with Crippen LogP contribution in [0.3, 0.4) is 0 Å². The Bertz CT molecular complexity index is 1450. The minimum absolute atomic E-state index is 0.0855. The Morgan fingerprint density at radius 1 is 1.02 bits per heavy atom. The van der Waals surface area contributed by atoms with Crippen LogP contribution in [-0.4, -0.2) is 86.3 Å². The van der Waals surface area contributed by atoms with Gasteiger partial charge in [0.2, 0.25) is 10.0 Å². The normalized spacial score (nSPS) is 16.9. The molecule has 5 rings (SSSR count). The fourth-order valence-electron chi connectivity index (χ4n) is 5.32. The van der Waals surface area contributed by atoms with Crippen molar-refractivity contribution in [3.8, 4) is 11.5 Å². The standard InChI is InChI=1S/C29H39N5O6S/c1-3-4-5-17-40-27-20-24(7-8-26(27)38-2)34-13-6-12-31(29(34)35)21-23-9-11-30-28-25(23)10-14-32(28)22-41(36,37)33-15-18-39-19-16-33/h7-11,14,20H,3-6,12-13,15-19,21-22H2,1-2H3. The van der Waals surface area contributed by atoms with Gasteiger partial charge in [-0.3, -0.25) is 4.90 Å². The third-order valence-corrected chi connectivity index (χ3v) is 9.31. The molecule has 2 aliphatic rings. The van der Waals surface area contributed by atoms with Crippen molar-refractivity contribution in [2.24, 2.45) is 0 Å². The van der Waals surface area contributed by atoms with Crippen LogP contribution in [0, 0.1) is 0 Å². The number of urea groups is 1. The van der Waals surface area contributed by atoms with E-state index in [2.05, 4.69) is 11.9 Å². The number of amides is 2. The Hall–Kier alpha value is -3.35. The number of fused-ring (bicyclic) bond motifs is 1. The van der Waals surface area contributed by atoms with E-state index in [9.17, 15) is 13.2 Å². The molecule has 1 aromatic carbocycles. The largest absolute Gasteiger partial charge is 0.493 e. The monoisotopic (exact) mass is 585 g/mol. The molecule has 2 saturated heterocycles. The summed E-state index contributed by atoms with van der Waals surface area (Å²) in [6.07, 6.45) is 7.41. The first-order valence-corrected chi connectivity index (χ1v) is 15.9. The first-order valence-electron chi connectivity index (χ1n) is 14.3. The Kier molecular flexibility index (Phi) is 9.31. The van der Waals surface area contributed by atoms with Crippen LogP contribution in [0.15, 0.2) is 42.7 Å². The highest BCUT2D eigenvalue weighted by Crippen LogP contribution is 2.34. The van der Waals surface area contributed by atoms with E-state index < -0.39 is 10.0 Å². The van der Waals surface area contributed by atoms with Crippen molar-refractivity contribution in [3.05, 3.63) is 48.3 Å². The maximum absolute atomic E-state index is 13.7. The first kappa shape index (κ1) is 29.2. The van der Waals surface area contributed by atoms with E-state index >= 15 is 0 Å². The van der Waals surface area contributed by atoms with Crippen molar-refractivity contribution in [1.82, 2.24) is 18.8 Å². The minimum Gasteiger partial charge on any atom is -0.493 e. The zero-order chi connectivity index (χ0) is 28.8.